The molecule has 72 valence electrons. The van der Waals surface area contributed by atoms with Crippen molar-refractivity contribution in [3.05, 3.63) is 0 Å². The molecule has 1 rings (SSSR count). The quantitative estimate of drug-likeness (QED) is 0.495. The van der Waals surface area contributed by atoms with Crippen molar-refractivity contribution in [2.75, 3.05) is 19.1 Å². The van der Waals surface area contributed by atoms with Gasteiger partial charge in [-0.25, -0.2) is 0 Å². The summed E-state index contributed by atoms with van der Waals surface area (Å²) in [5.41, 5.74) is 0. The first-order chi connectivity index (χ1) is 5.41. The Labute approximate surface area is 95.0 Å². The highest BCUT2D eigenvalue weighted by atomic mass is 33.1. The Morgan fingerprint density at radius 3 is 1.67 bits per heavy atom. The summed E-state index contributed by atoms with van der Waals surface area (Å²) in [6.45, 7) is 1.18. The van der Waals surface area contributed by atoms with Crippen LogP contribution in [0, 0.1) is 0 Å². The summed E-state index contributed by atoms with van der Waals surface area (Å²) in [4.78, 5) is 0. The van der Waals surface area contributed by atoms with E-state index >= 15 is 0 Å². The van der Waals surface area contributed by atoms with Crippen molar-refractivity contribution in [2.24, 2.45) is 0 Å². The van der Waals surface area contributed by atoms with Crippen molar-refractivity contribution in [3.63, 3.8) is 0 Å². The normalized spacial score (nSPS) is 29.0. The van der Waals surface area contributed by atoms with Crippen LogP contribution in [0.3, 0.4) is 0 Å². The third kappa shape index (κ3) is 4.61. The molecule has 1 aliphatic heterocycles. The van der Waals surface area contributed by atoms with Crippen LogP contribution in [-0.4, -0.2) is 19.1 Å². The molecule has 0 aromatic rings. The smallest absolute Gasteiger partial charge is 0.134 e. The molecular weight excluding hydrogens is 270 g/mol. The van der Waals surface area contributed by atoms with Gasteiger partial charge in [0.05, 0.1) is 13.2 Å². The third-order valence-corrected chi connectivity index (χ3v) is 10.6. The fourth-order valence-corrected chi connectivity index (χ4v) is 13.3. The van der Waals surface area contributed by atoms with Crippen LogP contribution in [0.15, 0.2) is 0 Å². The highest BCUT2D eigenvalue weighted by Gasteiger charge is 2.23. The molecular formula is C4H8O2P2S4-2. The molecule has 0 atom stereocenters. The lowest BCUT2D eigenvalue weighted by Crippen LogP contribution is -2.10. The van der Waals surface area contributed by atoms with Crippen LogP contribution in [0.5, 0.6) is 0 Å². The van der Waals surface area contributed by atoms with Crippen LogP contribution in [-0.2, 0) is 58.0 Å². The summed E-state index contributed by atoms with van der Waals surface area (Å²) in [6, 6.07) is 0. The number of hydrogen-bond acceptors (Lipinski definition) is 6. The average Bonchev–Trinajstić information content (AvgIpc) is 1.80. The van der Waals surface area contributed by atoms with E-state index in [9.17, 15) is 0 Å². The molecule has 0 amide bonds. The second-order valence-corrected chi connectivity index (χ2v) is 14.9. The SMILES string of the molecule is [S-][P+]1([S-])C[P+]([S-])([S-])OCCCO1. The first kappa shape index (κ1) is 12.3. The third-order valence-electron chi connectivity index (χ3n) is 1.21. The van der Waals surface area contributed by atoms with Gasteiger partial charge in [0, 0.05) is 6.42 Å². The average molecular weight is 278 g/mol. The summed E-state index contributed by atoms with van der Waals surface area (Å²) < 4.78 is 10.7. The van der Waals surface area contributed by atoms with Gasteiger partial charge in [-0.15, -0.1) is 0 Å². The molecule has 0 aromatic heterocycles. The van der Waals surface area contributed by atoms with Gasteiger partial charge in [0.15, 0.2) is 0 Å². The van der Waals surface area contributed by atoms with Crippen molar-refractivity contribution in [2.45, 2.75) is 6.42 Å². The topological polar surface area (TPSA) is 18.5 Å². The van der Waals surface area contributed by atoms with Crippen LogP contribution < -0.4 is 0 Å². The van der Waals surface area contributed by atoms with Crippen molar-refractivity contribution in [3.8, 4) is 0 Å². The molecule has 0 unspecified atom stereocenters. The summed E-state index contributed by atoms with van der Waals surface area (Å²) in [5.74, 6) is -3.85. The van der Waals surface area contributed by atoms with E-state index < -0.39 is 11.8 Å². The zero-order valence-corrected chi connectivity index (χ0v) is 11.2. The second kappa shape index (κ2) is 4.80. The predicted octanol–water partition coefficient (Wildman–Crippen LogP) is 2.09. The standard InChI is InChI=1S/C4H10O2P2S4/c9-7(10)4-8(11,12)6-3-1-2-5-7/h1-4H2,(H,9,10)(H,11,12)/p-2. The largest absolute Gasteiger partial charge is 0.544 e. The van der Waals surface area contributed by atoms with Crippen molar-refractivity contribution in [1.82, 2.24) is 0 Å². The van der Waals surface area contributed by atoms with Gasteiger partial charge in [-0.1, -0.05) is 11.8 Å². The van der Waals surface area contributed by atoms with Crippen LogP contribution in [0.2, 0.25) is 0 Å². The Hall–Kier alpha value is 2.18. The minimum absolute atomic E-state index is 0.440. The molecule has 8 heteroatoms. The van der Waals surface area contributed by atoms with E-state index in [1.165, 1.54) is 0 Å². The summed E-state index contributed by atoms with van der Waals surface area (Å²) in [6.07, 6.45) is 0.796. The van der Waals surface area contributed by atoms with E-state index in [2.05, 4.69) is 0 Å². The van der Waals surface area contributed by atoms with Crippen LogP contribution in [0.25, 0.3) is 0 Å². The molecule has 0 saturated carbocycles. The molecule has 2 nitrogen and oxygen atoms in total. The maximum absolute atomic E-state index is 5.36. The highest BCUT2D eigenvalue weighted by Crippen LogP contribution is 2.72. The van der Waals surface area contributed by atoms with E-state index in [-0.39, 0.29) is 0 Å². The lowest BCUT2D eigenvalue weighted by molar-refractivity contribution is 0.274. The Balaban J connectivity index is 2.58. The number of hydrogen-bond donors (Lipinski definition) is 0. The first-order valence-corrected chi connectivity index (χ1v) is 11.1. The summed E-state index contributed by atoms with van der Waals surface area (Å²) in [7, 11) is 0. The van der Waals surface area contributed by atoms with Gasteiger partial charge in [0.2, 0.25) is 0 Å². The molecule has 1 aliphatic rings. The maximum Gasteiger partial charge on any atom is 0.134 e. The van der Waals surface area contributed by atoms with E-state index in [4.69, 9.17) is 58.0 Å². The Morgan fingerprint density at radius 2 is 1.25 bits per heavy atom. The van der Waals surface area contributed by atoms with Gasteiger partial charge >= 0.3 is 0 Å². The molecule has 0 aromatic carbocycles. The van der Waals surface area contributed by atoms with Crippen LogP contribution in [0.1, 0.15) is 6.42 Å². The van der Waals surface area contributed by atoms with E-state index in [0.29, 0.717) is 19.1 Å². The van der Waals surface area contributed by atoms with Gasteiger partial charge in [-0.05, 0) is 0 Å². The maximum atomic E-state index is 5.36. The first-order valence-electron chi connectivity index (χ1n) is 3.31. The molecule has 0 aliphatic carbocycles. The molecule has 1 heterocycles. The van der Waals surface area contributed by atoms with Gasteiger partial charge < -0.3 is 49.0 Å². The molecule has 0 spiro atoms. The minimum Gasteiger partial charge on any atom is -0.544 e. The van der Waals surface area contributed by atoms with Crippen molar-refractivity contribution >= 4 is 60.8 Å². The van der Waals surface area contributed by atoms with Gasteiger partial charge in [0.25, 0.3) is 0 Å². The molecule has 0 radical (unpaired) electrons. The predicted molar refractivity (Wildman–Crippen MR) is 64.7 cm³/mol. The zero-order valence-electron chi connectivity index (χ0n) is 6.17. The number of rotatable bonds is 0. The Bertz CT molecular complexity index is 149. The summed E-state index contributed by atoms with van der Waals surface area (Å²) >= 11 is 20.4. The Kier molecular flexibility index (Phi) is 4.90. The highest BCUT2D eigenvalue weighted by molar-refractivity contribution is 8.79. The van der Waals surface area contributed by atoms with Gasteiger partial charge in [0.1, 0.15) is 5.90 Å². The minimum atomic E-state index is -2.15. The van der Waals surface area contributed by atoms with Gasteiger partial charge in [-0.2, -0.15) is 0 Å². The molecule has 0 N–H and O–H groups in total. The zero-order chi connectivity index (χ0) is 9.24. The monoisotopic (exact) mass is 278 g/mol. The van der Waals surface area contributed by atoms with Crippen molar-refractivity contribution in [1.29, 1.82) is 0 Å². The van der Waals surface area contributed by atoms with Gasteiger partial charge in [-0.3, -0.25) is 9.05 Å². The molecule has 12 heavy (non-hydrogen) atoms. The van der Waals surface area contributed by atoms with E-state index in [0.717, 1.165) is 6.42 Å². The molecule has 1 fully saturated rings. The fourth-order valence-electron chi connectivity index (χ4n) is 0.760. The fraction of sp³-hybridized carbons (Fsp3) is 1.00. The lowest BCUT2D eigenvalue weighted by atomic mass is 10.5. The van der Waals surface area contributed by atoms with E-state index in [1.807, 2.05) is 0 Å². The van der Waals surface area contributed by atoms with E-state index in [1.54, 1.807) is 0 Å². The molecule has 1 saturated heterocycles. The summed E-state index contributed by atoms with van der Waals surface area (Å²) in [5, 5.41) is 0. The lowest BCUT2D eigenvalue weighted by Gasteiger charge is -2.47. The van der Waals surface area contributed by atoms with Crippen LogP contribution >= 0.6 is 11.8 Å². The van der Waals surface area contributed by atoms with Crippen molar-refractivity contribution < 1.29 is 9.05 Å². The second-order valence-electron chi connectivity index (χ2n) is 2.38. The van der Waals surface area contributed by atoms with Crippen LogP contribution in [0.4, 0.5) is 0 Å². The Morgan fingerprint density at radius 1 is 0.833 bits per heavy atom. The molecule has 0 bridgehead atoms.